The number of amides is 2. The first-order chi connectivity index (χ1) is 10.1. The summed E-state index contributed by atoms with van der Waals surface area (Å²) in [6.45, 7) is 1.78. The molecule has 0 saturated carbocycles. The monoisotopic (exact) mass is 320 g/mol. The standard InChI is InChI=1S/C13H19F3N4O2/c1-9-8-10(19(2)18-9)17-11(21)20-6-3-4-12(22,5-7-20)13(14,15)16/h8,22H,3-7H2,1-2H3,(H,17,21). The molecule has 2 amide bonds. The van der Waals surface area contributed by atoms with Crippen molar-refractivity contribution < 1.29 is 23.1 Å². The van der Waals surface area contributed by atoms with Crippen LogP contribution in [0.25, 0.3) is 0 Å². The second-order valence-corrected chi connectivity index (χ2v) is 5.59. The van der Waals surface area contributed by atoms with Crippen LogP contribution in [0, 0.1) is 6.92 Å². The number of anilines is 1. The van der Waals surface area contributed by atoms with Crippen molar-refractivity contribution in [3.8, 4) is 0 Å². The number of urea groups is 1. The van der Waals surface area contributed by atoms with Crippen LogP contribution in [0.4, 0.5) is 23.8 Å². The summed E-state index contributed by atoms with van der Waals surface area (Å²) >= 11 is 0. The Hall–Kier alpha value is -1.77. The van der Waals surface area contributed by atoms with Crippen LogP contribution in [0.15, 0.2) is 6.07 Å². The molecule has 9 heteroatoms. The molecule has 1 unspecified atom stereocenters. The van der Waals surface area contributed by atoms with E-state index in [2.05, 4.69) is 10.4 Å². The van der Waals surface area contributed by atoms with E-state index in [1.807, 2.05) is 0 Å². The summed E-state index contributed by atoms with van der Waals surface area (Å²) in [6, 6.07) is 1.18. The zero-order chi connectivity index (χ0) is 16.5. The van der Waals surface area contributed by atoms with Gasteiger partial charge in [0.2, 0.25) is 0 Å². The zero-order valence-electron chi connectivity index (χ0n) is 12.4. The number of nitrogens with zero attached hydrogens (tertiary/aromatic N) is 3. The molecule has 1 aliphatic heterocycles. The average molecular weight is 320 g/mol. The predicted octanol–water partition coefficient (Wildman–Crippen LogP) is 2.04. The Morgan fingerprint density at radius 2 is 2.09 bits per heavy atom. The van der Waals surface area contributed by atoms with E-state index in [-0.39, 0.29) is 19.5 Å². The fraction of sp³-hybridized carbons (Fsp3) is 0.692. The molecule has 0 spiro atoms. The topological polar surface area (TPSA) is 70.4 Å². The van der Waals surface area contributed by atoms with Gasteiger partial charge in [-0.3, -0.25) is 10.00 Å². The summed E-state index contributed by atoms with van der Waals surface area (Å²) in [6.07, 6.45) is -5.51. The van der Waals surface area contributed by atoms with Crippen LogP contribution in [0.3, 0.4) is 0 Å². The zero-order valence-corrected chi connectivity index (χ0v) is 12.4. The van der Waals surface area contributed by atoms with Crippen molar-refractivity contribution in [1.82, 2.24) is 14.7 Å². The van der Waals surface area contributed by atoms with E-state index in [4.69, 9.17) is 0 Å². The number of hydrogen-bond acceptors (Lipinski definition) is 3. The lowest BCUT2D eigenvalue weighted by molar-refractivity contribution is -0.263. The number of aryl methyl sites for hydroxylation is 2. The minimum absolute atomic E-state index is 0.0911. The van der Waals surface area contributed by atoms with Gasteiger partial charge in [-0.2, -0.15) is 18.3 Å². The number of carbonyl (C=O) groups excluding carboxylic acids is 1. The van der Waals surface area contributed by atoms with Crippen LogP contribution in [-0.2, 0) is 7.05 Å². The van der Waals surface area contributed by atoms with Gasteiger partial charge in [0.25, 0.3) is 0 Å². The summed E-state index contributed by atoms with van der Waals surface area (Å²) in [5, 5.41) is 16.4. The van der Waals surface area contributed by atoms with Gasteiger partial charge in [-0.1, -0.05) is 0 Å². The Kier molecular flexibility index (Phi) is 4.37. The van der Waals surface area contributed by atoms with Crippen LogP contribution in [0.5, 0.6) is 0 Å². The van der Waals surface area contributed by atoms with Crippen LogP contribution >= 0.6 is 0 Å². The number of carbonyl (C=O) groups is 1. The third-order valence-corrected chi connectivity index (χ3v) is 3.87. The maximum absolute atomic E-state index is 12.9. The Morgan fingerprint density at radius 1 is 1.41 bits per heavy atom. The quantitative estimate of drug-likeness (QED) is 0.832. The SMILES string of the molecule is Cc1cc(NC(=O)N2CCCC(O)(C(F)(F)F)CC2)n(C)n1. The molecule has 22 heavy (non-hydrogen) atoms. The lowest BCUT2D eigenvalue weighted by atomic mass is 9.94. The van der Waals surface area contributed by atoms with Crippen LogP contribution in [0.1, 0.15) is 25.0 Å². The first-order valence-electron chi connectivity index (χ1n) is 6.98. The molecule has 1 saturated heterocycles. The van der Waals surface area contributed by atoms with Crippen molar-refractivity contribution in [2.75, 3.05) is 18.4 Å². The smallest absolute Gasteiger partial charge is 0.380 e. The van der Waals surface area contributed by atoms with Gasteiger partial charge in [0.15, 0.2) is 5.60 Å². The molecule has 2 rings (SSSR count). The molecule has 0 bridgehead atoms. The molecule has 1 aromatic rings. The second-order valence-electron chi connectivity index (χ2n) is 5.59. The van der Waals surface area contributed by atoms with Crippen LogP contribution in [0.2, 0.25) is 0 Å². The fourth-order valence-electron chi connectivity index (χ4n) is 2.52. The maximum atomic E-state index is 12.9. The number of halogens is 3. The van der Waals surface area contributed by atoms with Crippen molar-refractivity contribution >= 4 is 11.8 Å². The highest BCUT2D eigenvalue weighted by atomic mass is 19.4. The van der Waals surface area contributed by atoms with Crippen molar-refractivity contribution in [2.24, 2.45) is 7.05 Å². The molecule has 2 N–H and O–H groups in total. The van der Waals surface area contributed by atoms with Gasteiger partial charge in [0.1, 0.15) is 5.82 Å². The number of hydrogen-bond donors (Lipinski definition) is 2. The Bertz CT molecular complexity index is 558. The molecule has 0 aliphatic carbocycles. The molecule has 1 aliphatic rings. The highest BCUT2D eigenvalue weighted by molar-refractivity contribution is 5.88. The van der Waals surface area contributed by atoms with Gasteiger partial charge in [0.05, 0.1) is 5.69 Å². The summed E-state index contributed by atoms with van der Waals surface area (Å²) in [5.41, 5.74) is -1.99. The van der Waals surface area contributed by atoms with E-state index in [0.717, 1.165) is 5.69 Å². The molecule has 1 aromatic heterocycles. The van der Waals surface area contributed by atoms with Gasteiger partial charge in [-0.15, -0.1) is 0 Å². The summed E-state index contributed by atoms with van der Waals surface area (Å²) < 4.78 is 40.1. The van der Waals surface area contributed by atoms with E-state index in [0.29, 0.717) is 5.82 Å². The lowest BCUT2D eigenvalue weighted by Gasteiger charge is -2.29. The highest BCUT2D eigenvalue weighted by Gasteiger charge is 2.53. The molecule has 1 fully saturated rings. The van der Waals surface area contributed by atoms with E-state index >= 15 is 0 Å². The third-order valence-electron chi connectivity index (χ3n) is 3.87. The number of nitrogens with one attached hydrogen (secondary N) is 1. The first-order valence-corrected chi connectivity index (χ1v) is 6.98. The number of alkyl halides is 3. The van der Waals surface area contributed by atoms with Gasteiger partial charge in [-0.05, 0) is 19.8 Å². The summed E-state index contributed by atoms with van der Waals surface area (Å²) in [5.74, 6) is 0.470. The van der Waals surface area contributed by atoms with Crippen molar-refractivity contribution in [1.29, 1.82) is 0 Å². The second kappa shape index (κ2) is 5.79. The number of aliphatic hydroxyl groups is 1. The Balaban J connectivity index is 2.02. The molecule has 124 valence electrons. The first kappa shape index (κ1) is 16.6. The molecule has 2 heterocycles. The highest BCUT2D eigenvalue weighted by Crippen LogP contribution is 2.38. The predicted molar refractivity (Wildman–Crippen MR) is 73.4 cm³/mol. The van der Waals surface area contributed by atoms with Gasteiger partial charge >= 0.3 is 12.2 Å². The third kappa shape index (κ3) is 3.34. The minimum atomic E-state index is -4.68. The van der Waals surface area contributed by atoms with Crippen molar-refractivity contribution in [3.05, 3.63) is 11.8 Å². The normalized spacial score (nSPS) is 23.3. The van der Waals surface area contributed by atoms with Gasteiger partial charge in [-0.25, -0.2) is 4.79 Å². The number of rotatable bonds is 1. The summed E-state index contributed by atoms with van der Waals surface area (Å²) in [7, 11) is 1.66. The van der Waals surface area contributed by atoms with Crippen molar-refractivity contribution in [3.63, 3.8) is 0 Å². The minimum Gasteiger partial charge on any atom is -0.380 e. The molecule has 0 aromatic carbocycles. The molecule has 6 nitrogen and oxygen atoms in total. The summed E-state index contributed by atoms with van der Waals surface area (Å²) in [4.78, 5) is 13.4. The molecule has 0 radical (unpaired) electrons. The largest absolute Gasteiger partial charge is 0.417 e. The lowest BCUT2D eigenvalue weighted by Crippen LogP contribution is -2.46. The number of likely N-dealkylation sites (tertiary alicyclic amines) is 1. The Morgan fingerprint density at radius 3 is 2.64 bits per heavy atom. The van der Waals surface area contributed by atoms with Gasteiger partial charge in [0, 0.05) is 32.6 Å². The van der Waals surface area contributed by atoms with Crippen LogP contribution in [-0.4, -0.2) is 50.7 Å². The Labute approximate surface area is 125 Å². The van der Waals surface area contributed by atoms with Crippen LogP contribution < -0.4 is 5.32 Å². The maximum Gasteiger partial charge on any atom is 0.417 e. The van der Waals surface area contributed by atoms with E-state index in [9.17, 15) is 23.1 Å². The van der Waals surface area contributed by atoms with Crippen molar-refractivity contribution in [2.45, 2.75) is 38.0 Å². The molecule has 1 atom stereocenters. The van der Waals surface area contributed by atoms with E-state index < -0.39 is 30.7 Å². The fourth-order valence-corrected chi connectivity index (χ4v) is 2.52. The molecular formula is C13H19F3N4O2. The van der Waals surface area contributed by atoms with E-state index in [1.54, 1.807) is 20.0 Å². The number of aromatic nitrogens is 2. The average Bonchev–Trinajstić information content (AvgIpc) is 2.60. The van der Waals surface area contributed by atoms with E-state index in [1.165, 1.54) is 9.58 Å². The molecular weight excluding hydrogens is 301 g/mol. The van der Waals surface area contributed by atoms with Gasteiger partial charge < -0.3 is 10.0 Å².